The molecule has 142 valence electrons. The smallest absolute Gasteiger partial charge is 0.271 e. The van der Waals surface area contributed by atoms with E-state index in [0.717, 1.165) is 47.1 Å². The summed E-state index contributed by atoms with van der Waals surface area (Å²) in [5, 5.41) is 3.04. The van der Waals surface area contributed by atoms with Crippen LogP contribution in [0.15, 0.2) is 42.6 Å². The first-order chi connectivity index (χ1) is 14.2. The zero-order chi connectivity index (χ0) is 19.7. The van der Waals surface area contributed by atoms with Gasteiger partial charge in [-0.2, -0.15) is 0 Å². The molecular formula is C24H21N4O+. The largest absolute Gasteiger partial charge is 0.407 e. The van der Waals surface area contributed by atoms with Crippen molar-refractivity contribution in [1.82, 2.24) is 14.9 Å². The van der Waals surface area contributed by atoms with E-state index in [4.69, 9.17) is 9.72 Å². The highest BCUT2D eigenvalue weighted by atomic mass is 16.5. The van der Waals surface area contributed by atoms with Gasteiger partial charge in [0.05, 0.1) is 5.92 Å². The number of imidazole rings is 1. The SMILES string of the molecule is C=C(/C=C\C1C#COc2c1ccc1c2C=CCn2c-1nc1c2C2=[N+](C1)C2C)NC. The highest BCUT2D eigenvalue weighted by Gasteiger charge is 2.55. The molecule has 0 saturated heterocycles. The monoisotopic (exact) mass is 381 g/mol. The number of likely N-dealkylation sites (N-methyl/N-ethyl adjacent to an activating group) is 1. The van der Waals surface area contributed by atoms with Gasteiger partial charge in [-0.15, -0.1) is 0 Å². The number of hydrogen-bond acceptors (Lipinski definition) is 3. The Bertz CT molecular complexity index is 1260. The van der Waals surface area contributed by atoms with Gasteiger partial charge in [-0.05, 0) is 12.0 Å². The minimum atomic E-state index is -0.0213. The second kappa shape index (κ2) is 5.74. The van der Waals surface area contributed by atoms with Crippen LogP contribution in [0.1, 0.15) is 35.4 Å². The van der Waals surface area contributed by atoms with Crippen LogP contribution in [0.2, 0.25) is 0 Å². The Kier molecular flexibility index (Phi) is 3.25. The predicted molar refractivity (Wildman–Crippen MR) is 113 cm³/mol. The van der Waals surface area contributed by atoms with E-state index in [0.29, 0.717) is 6.04 Å². The molecule has 0 aliphatic carbocycles. The van der Waals surface area contributed by atoms with Gasteiger partial charge in [0, 0.05) is 42.9 Å². The molecule has 0 fully saturated rings. The van der Waals surface area contributed by atoms with Crippen LogP contribution in [0, 0.1) is 12.0 Å². The summed E-state index contributed by atoms with van der Waals surface area (Å²) in [7, 11) is 1.86. The lowest BCUT2D eigenvalue weighted by Crippen LogP contribution is -2.10. The molecule has 2 atom stereocenters. The van der Waals surface area contributed by atoms with Crippen LogP contribution in [0.3, 0.4) is 0 Å². The van der Waals surface area contributed by atoms with Gasteiger partial charge >= 0.3 is 0 Å². The van der Waals surface area contributed by atoms with Gasteiger partial charge in [0.1, 0.15) is 23.3 Å². The first kappa shape index (κ1) is 16.4. The van der Waals surface area contributed by atoms with Crippen LogP contribution < -0.4 is 10.1 Å². The van der Waals surface area contributed by atoms with Gasteiger partial charge in [-0.1, -0.05) is 36.9 Å². The van der Waals surface area contributed by atoms with Crippen molar-refractivity contribution in [2.75, 3.05) is 7.05 Å². The number of hydrogen-bond donors (Lipinski definition) is 1. The van der Waals surface area contributed by atoms with E-state index < -0.39 is 0 Å². The van der Waals surface area contributed by atoms with Crippen molar-refractivity contribution in [3.05, 3.63) is 65.2 Å². The minimum absolute atomic E-state index is 0.0213. The van der Waals surface area contributed by atoms with Crippen LogP contribution in [-0.4, -0.2) is 32.9 Å². The fraction of sp³-hybridized carbons (Fsp3) is 0.250. The summed E-state index contributed by atoms with van der Waals surface area (Å²) in [6, 6.07) is 4.85. The van der Waals surface area contributed by atoms with Gasteiger partial charge in [-0.25, -0.2) is 9.56 Å². The maximum atomic E-state index is 5.84. The van der Waals surface area contributed by atoms with Gasteiger partial charge in [0.15, 0.2) is 12.3 Å². The first-order valence-corrected chi connectivity index (χ1v) is 9.96. The van der Waals surface area contributed by atoms with Crippen LogP contribution in [0.25, 0.3) is 17.5 Å². The highest BCUT2D eigenvalue weighted by Crippen LogP contribution is 2.43. The standard InChI is InChI=1S/C24H21N4O/c1-14(25-3)6-7-16-10-12-29-23-17(16)8-9-19-18(23)5-4-11-27-22-20(26-24(19)27)13-28-15(2)21(22)28/h4-9,15-16,25H,1,11,13H2,2-3H3/q+1/b7-6-. The normalized spacial score (nSPS) is 21.9. The molecule has 4 aliphatic rings. The fourth-order valence-corrected chi connectivity index (χ4v) is 4.63. The second-order valence-corrected chi connectivity index (χ2v) is 7.84. The van der Waals surface area contributed by atoms with Gasteiger partial charge in [0.2, 0.25) is 6.04 Å². The average Bonchev–Trinajstić information content (AvgIpc) is 3.07. The molecule has 29 heavy (non-hydrogen) atoms. The molecule has 1 N–H and O–H groups in total. The Morgan fingerprint density at radius 1 is 1.45 bits per heavy atom. The molecule has 2 aromatic rings. The average molecular weight is 381 g/mol. The molecule has 1 aromatic carbocycles. The summed E-state index contributed by atoms with van der Waals surface area (Å²) in [4.78, 5) is 5.02. The maximum Gasteiger partial charge on any atom is 0.271 e. The van der Waals surface area contributed by atoms with Crippen molar-refractivity contribution < 1.29 is 9.31 Å². The van der Waals surface area contributed by atoms with E-state index in [2.05, 4.69) is 70.3 Å². The van der Waals surface area contributed by atoms with Crippen molar-refractivity contribution in [3.8, 4) is 29.2 Å². The number of benzene rings is 1. The molecule has 1 aromatic heterocycles. The Labute approximate surface area is 169 Å². The zero-order valence-corrected chi connectivity index (χ0v) is 16.5. The summed E-state index contributed by atoms with van der Waals surface area (Å²) < 4.78 is 10.6. The molecule has 0 spiro atoms. The molecular weight excluding hydrogens is 360 g/mol. The van der Waals surface area contributed by atoms with E-state index in [1.165, 1.54) is 17.1 Å². The summed E-state index contributed by atoms with van der Waals surface area (Å²) in [5.74, 6) is 5.01. The zero-order valence-electron chi connectivity index (χ0n) is 16.5. The highest BCUT2D eigenvalue weighted by molar-refractivity contribution is 6.07. The lowest BCUT2D eigenvalue weighted by Gasteiger charge is -2.19. The van der Waals surface area contributed by atoms with E-state index in [1.807, 2.05) is 13.1 Å². The molecule has 4 aliphatic heterocycles. The summed E-state index contributed by atoms with van der Waals surface area (Å²) in [6.07, 6.45) is 11.2. The number of nitrogens with zero attached hydrogens (tertiary/aromatic N) is 3. The van der Waals surface area contributed by atoms with Crippen molar-refractivity contribution in [3.63, 3.8) is 0 Å². The van der Waals surface area contributed by atoms with E-state index in [9.17, 15) is 0 Å². The molecule has 5 heterocycles. The summed E-state index contributed by atoms with van der Waals surface area (Å²) in [5.41, 5.74) is 8.05. The Hall–Kier alpha value is -3.52. The molecule has 2 unspecified atom stereocenters. The van der Waals surface area contributed by atoms with E-state index >= 15 is 0 Å². The third-order valence-corrected chi connectivity index (χ3v) is 6.26. The second-order valence-electron chi connectivity index (χ2n) is 7.84. The van der Waals surface area contributed by atoms with Crippen LogP contribution >= 0.6 is 0 Å². The number of ether oxygens (including phenoxy) is 1. The minimum Gasteiger partial charge on any atom is -0.407 e. The fourth-order valence-electron chi connectivity index (χ4n) is 4.63. The first-order valence-electron chi connectivity index (χ1n) is 9.96. The van der Waals surface area contributed by atoms with E-state index in [-0.39, 0.29) is 5.92 Å². The van der Waals surface area contributed by atoms with E-state index in [1.54, 1.807) is 0 Å². The maximum absolute atomic E-state index is 5.84. The lowest BCUT2D eigenvalue weighted by molar-refractivity contribution is -0.482. The number of nitrogens with one attached hydrogen (secondary N) is 1. The molecule has 5 heteroatoms. The molecule has 0 saturated carbocycles. The molecule has 5 nitrogen and oxygen atoms in total. The predicted octanol–water partition coefficient (Wildman–Crippen LogP) is 3.02. The number of fused-ring (bicyclic) bond motifs is 8. The Morgan fingerprint density at radius 3 is 3.21 bits per heavy atom. The summed E-state index contributed by atoms with van der Waals surface area (Å²) in [6.45, 7) is 7.97. The van der Waals surface area contributed by atoms with Gasteiger partial charge in [-0.3, -0.25) is 0 Å². The van der Waals surface area contributed by atoms with Crippen molar-refractivity contribution >= 4 is 11.8 Å². The van der Waals surface area contributed by atoms with Crippen LogP contribution in [-0.2, 0) is 13.1 Å². The van der Waals surface area contributed by atoms with Crippen LogP contribution in [0.5, 0.6) is 5.75 Å². The number of aromatic nitrogens is 2. The topological polar surface area (TPSA) is 42.1 Å². The number of allylic oxidation sites excluding steroid dienone is 3. The lowest BCUT2D eigenvalue weighted by atomic mass is 9.92. The van der Waals surface area contributed by atoms with Crippen LogP contribution in [0.4, 0.5) is 0 Å². The third-order valence-electron chi connectivity index (χ3n) is 6.26. The Balaban J connectivity index is 1.47. The molecule has 0 amide bonds. The van der Waals surface area contributed by atoms with Crippen molar-refractivity contribution in [2.24, 2.45) is 0 Å². The van der Waals surface area contributed by atoms with Gasteiger partial charge < -0.3 is 14.6 Å². The quantitative estimate of drug-likeness (QED) is 0.505. The molecule has 6 rings (SSSR count). The van der Waals surface area contributed by atoms with Gasteiger partial charge in [0.25, 0.3) is 5.71 Å². The molecule has 0 bridgehead atoms. The third kappa shape index (κ3) is 2.23. The van der Waals surface area contributed by atoms with Crippen molar-refractivity contribution in [2.45, 2.75) is 32.0 Å². The molecule has 0 radical (unpaired) electrons. The summed E-state index contributed by atoms with van der Waals surface area (Å²) >= 11 is 0. The Morgan fingerprint density at radius 2 is 2.34 bits per heavy atom. The number of rotatable bonds is 3. The van der Waals surface area contributed by atoms with Crippen molar-refractivity contribution in [1.29, 1.82) is 0 Å².